The molecule has 1 fully saturated rings. The van der Waals surface area contributed by atoms with Gasteiger partial charge < -0.3 is 15.4 Å². The van der Waals surface area contributed by atoms with E-state index < -0.39 is 10.1 Å². The van der Waals surface area contributed by atoms with E-state index >= 15 is 0 Å². The zero-order valence-corrected chi connectivity index (χ0v) is 12.4. The summed E-state index contributed by atoms with van der Waals surface area (Å²) in [4.78, 5) is 2.38. The molecule has 7 nitrogen and oxygen atoms in total. The van der Waals surface area contributed by atoms with Gasteiger partial charge in [0.15, 0.2) is 0 Å². The Labute approximate surface area is 115 Å². The maximum atomic E-state index is 10.7. The molecule has 2 N–H and O–H groups in total. The van der Waals surface area contributed by atoms with Crippen LogP contribution in [0.4, 0.5) is 0 Å². The van der Waals surface area contributed by atoms with Crippen molar-refractivity contribution in [1.29, 1.82) is 0 Å². The molecule has 0 radical (unpaired) electrons. The summed E-state index contributed by atoms with van der Waals surface area (Å²) in [6.45, 7) is 8.10. The Morgan fingerprint density at radius 3 is 2.37 bits per heavy atom. The van der Waals surface area contributed by atoms with E-state index in [-0.39, 0.29) is 6.61 Å². The van der Waals surface area contributed by atoms with Gasteiger partial charge in [0, 0.05) is 45.8 Å². The lowest BCUT2D eigenvalue weighted by atomic mass is 10.4. The Hall–Kier alpha value is -0.250. The fraction of sp³-hybridized carbons (Fsp3) is 1.00. The molecule has 1 aliphatic rings. The molecular formula is C11H25N3O4S. The molecular weight excluding hydrogens is 270 g/mol. The van der Waals surface area contributed by atoms with E-state index in [0.717, 1.165) is 58.7 Å². The van der Waals surface area contributed by atoms with E-state index in [1.54, 1.807) is 0 Å². The van der Waals surface area contributed by atoms with Crippen LogP contribution in [0.5, 0.6) is 0 Å². The minimum atomic E-state index is -3.31. The maximum Gasteiger partial charge on any atom is 0.264 e. The minimum absolute atomic E-state index is 0.187. The van der Waals surface area contributed by atoms with E-state index in [0.29, 0.717) is 6.54 Å². The average Bonchev–Trinajstić information content (AvgIpc) is 2.37. The summed E-state index contributed by atoms with van der Waals surface area (Å²) in [5, 5.41) is 6.45. The molecule has 0 aromatic heterocycles. The van der Waals surface area contributed by atoms with Crippen LogP contribution in [0.1, 0.15) is 0 Å². The van der Waals surface area contributed by atoms with Crippen molar-refractivity contribution in [3.8, 4) is 0 Å². The largest absolute Gasteiger partial charge is 0.379 e. The lowest BCUT2D eigenvalue weighted by Crippen LogP contribution is -2.41. The number of hydrogen-bond acceptors (Lipinski definition) is 7. The number of morpholine rings is 1. The van der Waals surface area contributed by atoms with E-state index in [4.69, 9.17) is 4.74 Å². The Kier molecular flexibility index (Phi) is 8.51. The lowest BCUT2D eigenvalue weighted by molar-refractivity contribution is 0.0385. The second-order valence-electron chi connectivity index (χ2n) is 4.48. The predicted molar refractivity (Wildman–Crippen MR) is 73.8 cm³/mol. The first-order chi connectivity index (χ1) is 9.08. The molecule has 1 aliphatic heterocycles. The van der Waals surface area contributed by atoms with Crippen LogP contribution in [0.25, 0.3) is 0 Å². The number of nitrogens with zero attached hydrogens (tertiary/aromatic N) is 1. The van der Waals surface area contributed by atoms with Crippen molar-refractivity contribution in [3.63, 3.8) is 0 Å². The van der Waals surface area contributed by atoms with Crippen molar-refractivity contribution in [1.82, 2.24) is 15.5 Å². The molecule has 0 atom stereocenters. The first-order valence-corrected chi connectivity index (χ1v) is 8.45. The van der Waals surface area contributed by atoms with Crippen LogP contribution < -0.4 is 10.6 Å². The van der Waals surface area contributed by atoms with Crippen molar-refractivity contribution in [3.05, 3.63) is 0 Å². The Morgan fingerprint density at radius 2 is 1.74 bits per heavy atom. The molecule has 19 heavy (non-hydrogen) atoms. The molecule has 0 saturated carbocycles. The third kappa shape index (κ3) is 10.2. The van der Waals surface area contributed by atoms with Crippen molar-refractivity contribution >= 4 is 10.1 Å². The molecule has 0 aromatic carbocycles. The zero-order valence-electron chi connectivity index (χ0n) is 11.6. The maximum absolute atomic E-state index is 10.7. The summed E-state index contributed by atoms with van der Waals surface area (Å²) in [7, 11) is -3.31. The standard InChI is InChI=1S/C11H25N3O4S/c1-19(15,16)18-9-5-13-3-2-12-4-6-14-7-10-17-11-8-14/h12-13H,2-11H2,1H3. The van der Waals surface area contributed by atoms with Gasteiger partial charge in [0.2, 0.25) is 0 Å². The summed E-state index contributed by atoms with van der Waals surface area (Å²) < 4.78 is 31.2. The van der Waals surface area contributed by atoms with Crippen LogP contribution >= 0.6 is 0 Å². The Bertz CT molecular complexity index is 318. The van der Waals surface area contributed by atoms with Crippen LogP contribution in [-0.2, 0) is 19.0 Å². The smallest absolute Gasteiger partial charge is 0.264 e. The van der Waals surface area contributed by atoms with E-state index in [1.165, 1.54) is 0 Å². The normalized spacial score (nSPS) is 17.7. The molecule has 0 bridgehead atoms. The SMILES string of the molecule is CS(=O)(=O)OCCNCCNCCN1CCOCC1. The van der Waals surface area contributed by atoms with Gasteiger partial charge in [0.25, 0.3) is 10.1 Å². The van der Waals surface area contributed by atoms with Gasteiger partial charge in [-0.15, -0.1) is 0 Å². The highest BCUT2D eigenvalue weighted by Gasteiger charge is 2.08. The molecule has 0 aromatic rings. The van der Waals surface area contributed by atoms with Gasteiger partial charge in [-0.1, -0.05) is 0 Å². The summed E-state index contributed by atoms with van der Waals surface area (Å²) in [6.07, 6.45) is 1.06. The highest BCUT2D eigenvalue weighted by atomic mass is 32.2. The number of ether oxygens (including phenoxy) is 1. The third-order valence-corrected chi connectivity index (χ3v) is 3.36. The third-order valence-electron chi connectivity index (χ3n) is 2.76. The van der Waals surface area contributed by atoms with E-state index in [1.807, 2.05) is 0 Å². The second kappa shape index (κ2) is 9.62. The topological polar surface area (TPSA) is 79.9 Å². The number of rotatable bonds is 10. The van der Waals surface area contributed by atoms with E-state index in [2.05, 4.69) is 19.7 Å². The van der Waals surface area contributed by atoms with Gasteiger partial charge in [0.05, 0.1) is 26.1 Å². The predicted octanol–water partition coefficient (Wildman–Crippen LogP) is -1.53. The summed E-state index contributed by atoms with van der Waals surface area (Å²) >= 11 is 0. The lowest BCUT2D eigenvalue weighted by Gasteiger charge is -2.26. The fourth-order valence-corrected chi connectivity index (χ4v) is 2.14. The second-order valence-corrected chi connectivity index (χ2v) is 6.12. The van der Waals surface area contributed by atoms with Gasteiger partial charge in [-0.3, -0.25) is 9.08 Å². The van der Waals surface area contributed by atoms with Crippen molar-refractivity contribution in [2.75, 3.05) is 71.9 Å². The monoisotopic (exact) mass is 295 g/mol. The first kappa shape index (κ1) is 16.8. The fourth-order valence-electron chi connectivity index (χ4n) is 1.75. The van der Waals surface area contributed by atoms with Gasteiger partial charge in [-0.2, -0.15) is 8.42 Å². The summed E-state index contributed by atoms with van der Waals surface area (Å²) in [5.41, 5.74) is 0. The first-order valence-electron chi connectivity index (χ1n) is 6.64. The molecule has 114 valence electrons. The van der Waals surface area contributed by atoms with Gasteiger partial charge in [-0.05, 0) is 0 Å². The molecule has 0 unspecified atom stereocenters. The minimum Gasteiger partial charge on any atom is -0.379 e. The highest BCUT2D eigenvalue weighted by molar-refractivity contribution is 7.85. The number of nitrogens with one attached hydrogen (secondary N) is 2. The Morgan fingerprint density at radius 1 is 1.11 bits per heavy atom. The van der Waals surface area contributed by atoms with E-state index in [9.17, 15) is 8.42 Å². The van der Waals surface area contributed by atoms with Gasteiger partial charge >= 0.3 is 0 Å². The molecule has 0 amide bonds. The molecule has 1 rings (SSSR count). The van der Waals surface area contributed by atoms with Crippen LogP contribution in [0, 0.1) is 0 Å². The van der Waals surface area contributed by atoms with Crippen molar-refractivity contribution in [2.24, 2.45) is 0 Å². The van der Waals surface area contributed by atoms with Crippen molar-refractivity contribution < 1.29 is 17.3 Å². The van der Waals surface area contributed by atoms with Gasteiger partial charge in [0.1, 0.15) is 0 Å². The zero-order chi connectivity index (χ0) is 14.0. The average molecular weight is 295 g/mol. The summed E-state index contributed by atoms with van der Waals surface area (Å²) in [6, 6.07) is 0. The quantitative estimate of drug-likeness (QED) is 0.374. The summed E-state index contributed by atoms with van der Waals surface area (Å²) in [5.74, 6) is 0. The van der Waals surface area contributed by atoms with Crippen LogP contribution in [0.15, 0.2) is 0 Å². The molecule has 0 aliphatic carbocycles. The number of hydrogen-bond donors (Lipinski definition) is 2. The molecule has 8 heteroatoms. The Balaban J connectivity index is 1.81. The van der Waals surface area contributed by atoms with Crippen LogP contribution in [-0.4, -0.2) is 85.2 Å². The van der Waals surface area contributed by atoms with Crippen LogP contribution in [0.3, 0.4) is 0 Å². The molecule has 1 heterocycles. The molecule has 0 spiro atoms. The molecule has 1 saturated heterocycles. The highest BCUT2D eigenvalue weighted by Crippen LogP contribution is 1.94. The van der Waals surface area contributed by atoms with Crippen molar-refractivity contribution in [2.45, 2.75) is 0 Å². The van der Waals surface area contributed by atoms with Gasteiger partial charge in [-0.25, -0.2) is 0 Å². The van der Waals surface area contributed by atoms with Crippen LogP contribution in [0.2, 0.25) is 0 Å².